The lowest BCUT2D eigenvalue weighted by Crippen LogP contribution is -1.99. The van der Waals surface area contributed by atoms with Gasteiger partial charge in [-0.1, -0.05) is 25.0 Å². The van der Waals surface area contributed by atoms with Gasteiger partial charge in [-0.25, -0.2) is 0 Å². The molecule has 4 nitrogen and oxygen atoms in total. The molecular weight excluding hydrogens is 202 g/mol. The molecule has 0 saturated carbocycles. The summed E-state index contributed by atoms with van der Waals surface area (Å²) in [5.74, 6) is 1.41. The third kappa shape index (κ3) is 3.48. The Morgan fingerprint density at radius 3 is 2.69 bits per heavy atom. The lowest BCUT2D eigenvalue weighted by molar-refractivity contribution is 0.413. The fourth-order valence-corrected chi connectivity index (χ4v) is 1.62. The highest BCUT2D eigenvalue weighted by Crippen LogP contribution is 2.21. The van der Waals surface area contributed by atoms with Gasteiger partial charge in [0.05, 0.1) is 13.7 Å². The second-order valence-corrected chi connectivity index (χ2v) is 4.12. The number of azide groups is 1. The topological polar surface area (TPSA) is 58.0 Å². The van der Waals surface area contributed by atoms with Crippen molar-refractivity contribution >= 4 is 0 Å². The van der Waals surface area contributed by atoms with Gasteiger partial charge in [-0.05, 0) is 41.1 Å². The molecule has 0 saturated heterocycles. The van der Waals surface area contributed by atoms with E-state index in [1.165, 1.54) is 5.56 Å². The molecule has 16 heavy (non-hydrogen) atoms. The van der Waals surface area contributed by atoms with Crippen LogP contribution in [0, 0.1) is 5.92 Å². The van der Waals surface area contributed by atoms with Gasteiger partial charge in [0, 0.05) is 4.91 Å². The van der Waals surface area contributed by atoms with Crippen LogP contribution in [0.4, 0.5) is 0 Å². The Balaban J connectivity index is 3.00. The van der Waals surface area contributed by atoms with E-state index < -0.39 is 0 Å². The lowest BCUT2D eigenvalue weighted by atomic mass is 9.98. The second-order valence-electron chi connectivity index (χ2n) is 4.12. The first kappa shape index (κ1) is 12.4. The van der Waals surface area contributed by atoms with Gasteiger partial charge in [-0.15, -0.1) is 0 Å². The Kier molecular flexibility index (Phi) is 4.67. The summed E-state index contributed by atoms with van der Waals surface area (Å²) in [5.41, 5.74) is 10.6. The van der Waals surface area contributed by atoms with Gasteiger partial charge in [0.15, 0.2) is 0 Å². The molecule has 0 aromatic heterocycles. The van der Waals surface area contributed by atoms with Crippen molar-refractivity contribution in [2.45, 2.75) is 26.8 Å². The summed E-state index contributed by atoms with van der Waals surface area (Å²) in [5, 5.41) is 3.61. The number of nitrogens with zero attached hydrogens (tertiary/aromatic N) is 3. The van der Waals surface area contributed by atoms with Crippen LogP contribution in [0.2, 0.25) is 0 Å². The zero-order valence-electron chi connectivity index (χ0n) is 9.97. The molecule has 0 aliphatic rings. The molecule has 0 amide bonds. The molecule has 0 aliphatic heterocycles. The zero-order chi connectivity index (χ0) is 12.0. The van der Waals surface area contributed by atoms with E-state index in [0.29, 0.717) is 12.5 Å². The third-order valence-corrected chi connectivity index (χ3v) is 2.35. The first-order chi connectivity index (χ1) is 7.67. The van der Waals surface area contributed by atoms with E-state index in [-0.39, 0.29) is 0 Å². The Labute approximate surface area is 95.9 Å². The minimum atomic E-state index is 0.405. The van der Waals surface area contributed by atoms with Gasteiger partial charge in [0.25, 0.3) is 0 Å². The molecule has 1 rings (SSSR count). The maximum absolute atomic E-state index is 8.33. The van der Waals surface area contributed by atoms with Gasteiger partial charge >= 0.3 is 0 Å². The summed E-state index contributed by atoms with van der Waals surface area (Å²) in [6, 6.07) is 5.87. The first-order valence-electron chi connectivity index (χ1n) is 5.34. The Hall–Kier alpha value is -1.67. The molecule has 1 aromatic rings. The van der Waals surface area contributed by atoms with Crippen molar-refractivity contribution in [3.05, 3.63) is 39.8 Å². The second kappa shape index (κ2) is 6.03. The van der Waals surface area contributed by atoms with E-state index in [1.54, 1.807) is 7.11 Å². The van der Waals surface area contributed by atoms with E-state index in [4.69, 9.17) is 10.3 Å². The minimum absolute atomic E-state index is 0.405. The molecule has 0 N–H and O–H groups in total. The van der Waals surface area contributed by atoms with Crippen LogP contribution in [-0.2, 0) is 13.0 Å². The van der Waals surface area contributed by atoms with Crippen molar-refractivity contribution in [3.63, 3.8) is 0 Å². The molecule has 0 aliphatic carbocycles. The van der Waals surface area contributed by atoms with Crippen LogP contribution in [0.1, 0.15) is 25.0 Å². The molecular formula is C12H17N3O. The molecule has 86 valence electrons. The molecule has 0 heterocycles. The van der Waals surface area contributed by atoms with Gasteiger partial charge in [0.1, 0.15) is 5.75 Å². The number of methoxy groups -OCH3 is 1. The molecule has 0 fully saturated rings. The van der Waals surface area contributed by atoms with Crippen LogP contribution >= 0.6 is 0 Å². The standard InChI is InChI=1S/C12H17N3O/c1-9(2)6-11-7-12(16-3)5-4-10(11)8-14-15-13/h4-5,7,9H,6,8H2,1-3H3. The quantitative estimate of drug-likeness (QED) is 0.423. The summed E-state index contributed by atoms with van der Waals surface area (Å²) in [6.45, 7) is 4.73. The lowest BCUT2D eigenvalue weighted by Gasteiger charge is -2.11. The molecule has 0 atom stereocenters. The van der Waals surface area contributed by atoms with E-state index in [1.807, 2.05) is 18.2 Å². The van der Waals surface area contributed by atoms with Crippen LogP contribution in [0.15, 0.2) is 23.3 Å². The number of ether oxygens (including phenoxy) is 1. The summed E-state index contributed by atoms with van der Waals surface area (Å²) >= 11 is 0. The van der Waals surface area contributed by atoms with Crippen molar-refractivity contribution < 1.29 is 4.74 Å². The van der Waals surface area contributed by atoms with Crippen LogP contribution in [0.3, 0.4) is 0 Å². The normalized spacial score (nSPS) is 10.0. The predicted octanol–water partition coefficient (Wildman–Crippen LogP) is 3.70. The highest BCUT2D eigenvalue weighted by atomic mass is 16.5. The van der Waals surface area contributed by atoms with Gasteiger partial charge in [-0.2, -0.15) is 0 Å². The first-order valence-corrected chi connectivity index (χ1v) is 5.34. The molecule has 0 radical (unpaired) electrons. The molecule has 0 bridgehead atoms. The average molecular weight is 219 g/mol. The van der Waals surface area contributed by atoms with Crippen molar-refractivity contribution in [2.75, 3.05) is 7.11 Å². The number of hydrogen-bond acceptors (Lipinski definition) is 2. The Bertz CT molecular complexity index is 395. The SMILES string of the molecule is COc1ccc(CN=[N+]=[N-])c(CC(C)C)c1. The van der Waals surface area contributed by atoms with Crippen molar-refractivity contribution in [2.24, 2.45) is 11.0 Å². The van der Waals surface area contributed by atoms with Crippen LogP contribution in [0.25, 0.3) is 10.4 Å². The fraction of sp³-hybridized carbons (Fsp3) is 0.500. The highest BCUT2D eigenvalue weighted by Gasteiger charge is 2.06. The van der Waals surface area contributed by atoms with Gasteiger partial charge in [0.2, 0.25) is 0 Å². The van der Waals surface area contributed by atoms with E-state index in [9.17, 15) is 0 Å². The zero-order valence-corrected chi connectivity index (χ0v) is 9.97. The van der Waals surface area contributed by atoms with E-state index >= 15 is 0 Å². The predicted molar refractivity (Wildman–Crippen MR) is 64.4 cm³/mol. The maximum Gasteiger partial charge on any atom is 0.119 e. The Morgan fingerprint density at radius 1 is 1.38 bits per heavy atom. The average Bonchev–Trinajstić information content (AvgIpc) is 2.26. The molecule has 4 heteroatoms. The van der Waals surface area contributed by atoms with Crippen molar-refractivity contribution in [3.8, 4) is 5.75 Å². The molecule has 0 unspecified atom stereocenters. The largest absolute Gasteiger partial charge is 0.497 e. The van der Waals surface area contributed by atoms with Gasteiger partial charge < -0.3 is 4.74 Å². The van der Waals surface area contributed by atoms with Gasteiger partial charge in [-0.3, -0.25) is 0 Å². The van der Waals surface area contributed by atoms with E-state index in [0.717, 1.165) is 17.7 Å². The smallest absolute Gasteiger partial charge is 0.119 e. The van der Waals surface area contributed by atoms with E-state index in [2.05, 4.69) is 23.9 Å². The van der Waals surface area contributed by atoms with Crippen LogP contribution in [0.5, 0.6) is 5.75 Å². The number of rotatable bonds is 5. The molecule has 0 spiro atoms. The Morgan fingerprint density at radius 2 is 2.12 bits per heavy atom. The van der Waals surface area contributed by atoms with Crippen molar-refractivity contribution in [1.29, 1.82) is 0 Å². The van der Waals surface area contributed by atoms with Crippen LogP contribution < -0.4 is 4.74 Å². The maximum atomic E-state index is 8.33. The third-order valence-electron chi connectivity index (χ3n) is 2.35. The van der Waals surface area contributed by atoms with Crippen molar-refractivity contribution in [1.82, 2.24) is 0 Å². The summed E-state index contributed by atoms with van der Waals surface area (Å²) in [4.78, 5) is 2.79. The minimum Gasteiger partial charge on any atom is -0.497 e. The summed E-state index contributed by atoms with van der Waals surface area (Å²) in [7, 11) is 1.65. The van der Waals surface area contributed by atoms with Crippen LogP contribution in [-0.4, -0.2) is 7.11 Å². The monoisotopic (exact) mass is 219 g/mol. The highest BCUT2D eigenvalue weighted by molar-refractivity contribution is 5.36. The number of benzene rings is 1. The summed E-state index contributed by atoms with van der Waals surface area (Å²) < 4.78 is 5.19. The summed E-state index contributed by atoms with van der Waals surface area (Å²) in [6.07, 6.45) is 0.966. The fourth-order valence-electron chi connectivity index (χ4n) is 1.62. The number of hydrogen-bond donors (Lipinski definition) is 0. The molecule has 1 aromatic carbocycles.